The van der Waals surface area contributed by atoms with Gasteiger partial charge in [-0.15, -0.1) is 5.10 Å². The molecule has 1 aromatic heterocycles. The summed E-state index contributed by atoms with van der Waals surface area (Å²) in [6, 6.07) is 6.17. The van der Waals surface area contributed by atoms with Gasteiger partial charge in [-0.2, -0.15) is 0 Å². The summed E-state index contributed by atoms with van der Waals surface area (Å²) in [6.07, 6.45) is 0. The maximum Gasteiger partial charge on any atom is 0.0946 e. The number of aromatic nitrogens is 2. The van der Waals surface area contributed by atoms with Crippen molar-refractivity contribution in [3.8, 4) is 0 Å². The van der Waals surface area contributed by atoms with Crippen LogP contribution in [0.2, 0.25) is 0 Å². The summed E-state index contributed by atoms with van der Waals surface area (Å²) in [5.74, 6) is 0. The topological polar surface area (TPSA) is 41.0 Å². The Bertz CT molecular complexity index is 484. The Kier molecular flexibility index (Phi) is 3.96. The molecule has 0 aliphatic carbocycles. The molecule has 17 heavy (non-hydrogen) atoms. The normalized spacial score (nSPS) is 10.3. The van der Waals surface area contributed by atoms with Crippen molar-refractivity contribution in [3.63, 3.8) is 0 Å². The molecule has 4 nitrogen and oxygen atoms in total. The van der Waals surface area contributed by atoms with Crippen LogP contribution in [0.3, 0.4) is 0 Å². The van der Waals surface area contributed by atoms with E-state index in [1.54, 1.807) is 0 Å². The molecule has 1 heterocycles. The molecule has 0 fully saturated rings. The van der Waals surface area contributed by atoms with E-state index in [0.29, 0.717) is 6.54 Å². The summed E-state index contributed by atoms with van der Waals surface area (Å²) in [4.78, 5) is 2.08. The van der Waals surface area contributed by atoms with Crippen LogP contribution in [0, 0.1) is 0 Å². The van der Waals surface area contributed by atoms with E-state index in [1.807, 2.05) is 25.5 Å². The molecular weight excluding hydrogens is 300 g/mol. The average Bonchev–Trinajstić information content (AvgIpc) is 2.78. The summed E-state index contributed by atoms with van der Waals surface area (Å²) in [6.45, 7) is 0.688. The highest BCUT2D eigenvalue weighted by atomic mass is 79.9. The Hall–Kier alpha value is -1.14. The van der Waals surface area contributed by atoms with E-state index in [2.05, 4.69) is 47.9 Å². The maximum absolute atomic E-state index is 4.01. The molecule has 1 N–H and O–H groups in total. The van der Waals surface area contributed by atoms with Crippen LogP contribution in [0.5, 0.6) is 0 Å². The van der Waals surface area contributed by atoms with Crippen molar-refractivity contribution in [2.24, 2.45) is 0 Å². The first-order chi connectivity index (χ1) is 8.16. The van der Waals surface area contributed by atoms with Crippen LogP contribution in [0.15, 0.2) is 28.1 Å². The number of halogens is 1. The molecule has 6 heteroatoms. The number of rotatable bonds is 4. The third-order valence-electron chi connectivity index (χ3n) is 2.31. The van der Waals surface area contributed by atoms with Gasteiger partial charge in [-0.25, -0.2) is 0 Å². The van der Waals surface area contributed by atoms with Crippen LogP contribution in [0.1, 0.15) is 5.69 Å². The summed E-state index contributed by atoms with van der Waals surface area (Å²) in [7, 11) is 4.05. The van der Waals surface area contributed by atoms with Crippen LogP contribution in [0.4, 0.5) is 11.4 Å². The van der Waals surface area contributed by atoms with Crippen LogP contribution in [-0.2, 0) is 6.54 Å². The first-order valence-corrected chi connectivity index (χ1v) is 6.76. The smallest absolute Gasteiger partial charge is 0.0946 e. The second-order valence-corrected chi connectivity index (χ2v) is 5.33. The summed E-state index contributed by atoms with van der Waals surface area (Å²) < 4.78 is 4.90. The summed E-state index contributed by atoms with van der Waals surface area (Å²) in [5, 5.41) is 9.32. The predicted molar refractivity (Wildman–Crippen MR) is 75.7 cm³/mol. The van der Waals surface area contributed by atoms with Crippen LogP contribution in [-0.4, -0.2) is 23.7 Å². The van der Waals surface area contributed by atoms with Crippen LogP contribution < -0.4 is 10.2 Å². The van der Waals surface area contributed by atoms with Crippen molar-refractivity contribution in [1.82, 2.24) is 9.59 Å². The zero-order chi connectivity index (χ0) is 12.3. The molecule has 0 bridgehead atoms. The van der Waals surface area contributed by atoms with Gasteiger partial charge in [0.15, 0.2) is 0 Å². The van der Waals surface area contributed by atoms with E-state index in [-0.39, 0.29) is 0 Å². The van der Waals surface area contributed by atoms with E-state index in [9.17, 15) is 0 Å². The standard InChI is InChI=1S/C11H13BrN4S/c1-16(2)11-4-3-8(12)5-10(11)13-6-9-7-17-15-14-9/h3-5,7,13H,6H2,1-2H3. The number of anilines is 2. The Morgan fingerprint density at radius 2 is 2.24 bits per heavy atom. The van der Waals surface area contributed by atoms with Gasteiger partial charge in [0.2, 0.25) is 0 Å². The average molecular weight is 313 g/mol. The van der Waals surface area contributed by atoms with E-state index >= 15 is 0 Å². The first-order valence-electron chi connectivity index (χ1n) is 5.13. The summed E-state index contributed by atoms with van der Waals surface area (Å²) >= 11 is 4.85. The Morgan fingerprint density at radius 3 is 2.88 bits per heavy atom. The molecule has 2 rings (SSSR count). The van der Waals surface area contributed by atoms with Gasteiger partial charge in [0.05, 0.1) is 23.6 Å². The molecular formula is C11H13BrN4S. The number of nitrogens with zero attached hydrogens (tertiary/aromatic N) is 3. The van der Waals surface area contributed by atoms with E-state index in [0.717, 1.165) is 21.5 Å². The van der Waals surface area contributed by atoms with Gasteiger partial charge in [-0.3, -0.25) is 0 Å². The molecule has 0 amide bonds. The lowest BCUT2D eigenvalue weighted by Crippen LogP contribution is -2.12. The van der Waals surface area contributed by atoms with E-state index in [4.69, 9.17) is 0 Å². The Morgan fingerprint density at radius 1 is 1.41 bits per heavy atom. The van der Waals surface area contributed by atoms with Crippen molar-refractivity contribution in [1.29, 1.82) is 0 Å². The minimum atomic E-state index is 0.688. The zero-order valence-corrected chi connectivity index (χ0v) is 12.0. The van der Waals surface area contributed by atoms with Crippen LogP contribution >= 0.6 is 27.5 Å². The lowest BCUT2D eigenvalue weighted by atomic mass is 10.2. The second kappa shape index (κ2) is 5.46. The van der Waals surface area contributed by atoms with Crippen LogP contribution in [0.25, 0.3) is 0 Å². The molecule has 0 aliphatic heterocycles. The van der Waals surface area contributed by atoms with E-state index in [1.165, 1.54) is 11.5 Å². The molecule has 0 radical (unpaired) electrons. The second-order valence-electron chi connectivity index (χ2n) is 3.81. The number of hydrogen-bond acceptors (Lipinski definition) is 5. The fourth-order valence-electron chi connectivity index (χ4n) is 1.49. The lowest BCUT2D eigenvalue weighted by Gasteiger charge is -2.18. The van der Waals surface area contributed by atoms with Gasteiger partial charge in [0, 0.05) is 23.9 Å². The maximum atomic E-state index is 4.01. The number of benzene rings is 1. The first kappa shape index (κ1) is 12.3. The van der Waals surface area contributed by atoms with Gasteiger partial charge in [-0.1, -0.05) is 20.4 Å². The fourth-order valence-corrected chi connectivity index (χ4v) is 2.30. The number of hydrogen-bond donors (Lipinski definition) is 1. The summed E-state index contributed by atoms with van der Waals surface area (Å²) in [5.41, 5.74) is 3.19. The van der Waals surface area contributed by atoms with Gasteiger partial charge in [-0.05, 0) is 29.7 Å². The minimum Gasteiger partial charge on any atom is -0.378 e. The third-order valence-corrected chi connectivity index (χ3v) is 3.35. The highest BCUT2D eigenvalue weighted by Gasteiger charge is 2.05. The Labute approximate surface area is 113 Å². The van der Waals surface area contributed by atoms with Crippen molar-refractivity contribution < 1.29 is 0 Å². The van der Waals surface area contributed by atoms with Gasteiger partial charge >= 0.3 is 0 Å². The predicted octanol–water partition coefficient (Wildman–Crippen LogP) is 2.98. The highest BCUT2D eigenvalue weighted by Crippen LogP contribution is 2.28. The quantitative estimate of drug-likeness (QED) is 0.942. The highest BCUT2D eigenvalue weighted by molar-refractivity contribution is 9.10. The van der Waals surface area contributed by atoms with E-state index < -0.39 is 0 Å². The molecule has 1 aromatic carbocycles. The zero-order valence-electron chi connectivity index (χ0n) is 9.64. The van der Waals surface area contributed by atoms with Gasteiger partial charge in [0.25, 0.3) is 0 Å². The molecule has 0 saturated heterocycles. The van der Waals surface area contributed by atoms with Crippen molar-refractivity contribution in [2.75, 3.05) is 24.3 Å². The minimum absolute atomic E-state index is 0.688. The lowest BCUT2D eigenvalue weighted by molar-refractivity contribution is 0.995. The van der Waals surface area contributed by atoms with Gasteiger partial charge in [0.1, 0.15) is 0 Å². The van der Waals surface area contributed by atoms with Crippen molar-refractivity contribution >= 4 is 38.8 Å². The SMILES string of the molecule is CN(C)c1ccc(Br)cc1NCc1csnn1. The molecule has 2 aromatic rings. The monoisotopic (exact) mass is 312 g/mol. The molecule has 0 spiro atoms. The largest absolute Gasteiger partial charge is 0.378 e. The molecule has 0 aliphatic rings. The number of nitrogens with one attached hydrogen (secondary N) is 1. The van der Waals surface area contributed by atoms with Crippen molar-refractivity contribution in [3.05, 3.63) is 33.7 Å². The fraction of sp³-hybridized carbons (Fsp3) is 0.273. The molecule has 0 atom stereocenters. The molecule has 0 unspecified atom stereocenters. The van der Waals surface area contributed by atoms with Crippen molar-refractivity contribution in [2.45, 2.75) is 6.54 Å². The van der Waals surface area contributed by atoms with Gasteiger partial charge < -0.3 is 10.2 Å². The third kappa shape index (κ3) is 3.17. The molecule has 0 saturated carbocycles. The Balaban J connectivity index is 2.16. The molecule has 90 valence electrons.